The topological polar surface area (TPSA) is 88.6 Å². The summed E-state index contributed by atoms with van der Waals surface area (Å²) in [6, 6.07) is 4.66. The zero-order valence-corrected chi connectivity index (χ0v) is 20.8. The van der Waals surface area contributed by atoms with Crippen molar-refractivity contribution in [2.75, 3.05) is 18.0 Å². The van der Waals surface area contributed by atoms with E-state index in [1.165, 1.54) is 33.0 Å². The van der Waals surface area contributed by atoms with Gasteiger partial charge in [-0.2, -0.15) is 13.2 Å². The van der Waals surface area contributed by atoms with Gasteiger partial charge >= 0.3 is 6.18 Å². The van der Waals surface area contributed by atoms with E-state index in [-0.39, 0.29) is 30.3 Å². The minimum Gasteiger partial charge on any atom is -0.477 e. The number of halogens is 4. The van der Waals surface area contributed by atoms with Gasteiger partial charge in [0.15, 0.2) is 0 Å². The van der Waals surface area contributed by atoms with Gasteiger partial charge < -0.3 is 10.1 Å². The molecule has 0 saturated heterocycles. The second-order valence-electron chi connectivity index (χ2n) is 8.07. The lowest BCUT2D eigenvalue weighted by Gasteiger charge is -2.18. The largest absolute Gasteiger partial charge is 0.477 e. The van der Waals surface area contributed by atoms with Gasteiger partial charge in [0.1, 0.15) is 11.5 Å². The number of aryl methyl sites for hydroxylation is 1. The number of hydrogen-bond donors (Lipinski definition) is 2. The zero-order valence-electron chi connectivity index (χ0n) is 19.9. The number of alkyl halides is 3. The van der Waals surface area contributed by atoms with Crippen molar-refractivity contribution in [3.8, 4) is 5.88 Å². The molecule has 1 unspecified atom stereocenters. The van der Waals surface area contributed by atoms with Gasteiger partial charge in [-0.25, -0.2) is 17.8 Å². The maximum atomic E-state index is 14.4. The Morgan fingerprint density at radius 2 is 1.91 bits per heavy atom. The SMILES string of the molecule is CCCCCOc1nc(C(F)(F)F)cc(C)c1CNC(=O)C(C)c1ccc(N(C)[SH](=O)=O)c(F)c1. The molecule has 0 radical (unpaired) electrons. The van der Waals surface area contributed by atoms with Crippen molar-refractivity contribution in [1.29, 1.82) is 0 Å². The molecule has 1 amide bonds. The fourth-order valence-electron chi connectivity index (χ4n) is 3.29. The fourth-order valence-corrected chi connectivity index (χ4v) is 3.63. The van der Waals surface area contributed by atoms with E-state index in [0.717, 1.165) is 29.3 Å². The number of carbonyl (C=O) groups excluding carboxylic acids is 1. The Morgan fingerprint density at radius 3 is 2.49 bits per heavy atom. The lowest BCUT2D eigenvalue weighted by Crippen LogP contribution is -2.28. The first kappa shape index (κ1) is 28.3. The van der Waals surface area contributed by atoms with Crippen LogP contribution in [0.15, 0.2) is 24.3 Å². The number of carbonyl (C=O) groups is 1. The van der Waals surface area contributed by atoms with E-state index in [1.54, 1.807) is 0 Å². The molecular formula is C23H29F4N3O4S. The quantitative estimate of drug-likeness (QED) is 0.259. The maximum Gasteiger partial charge on any atom is 0.433 e. The first-order valence-electron chi connectivity index (χ1n) is 11.0. The molecule has 0 aliphatic rings. The number of unbranched alkanes of at least 4 members (excludes halogenated alkanes) is 2. The number of hydrogen-bond acceptors (Lipinski definition) is 5. The highest BCUT2D eigenvalue weighted by molar-refractivity contribution is 7.74. The number of anilines is 1. The summed E-state index contributed by atoms with van der Waals surface area (Å²) in [5, 5.41) is 2.64. The van der Waals surface area contributed by atoms with Gasteiger partial charge in [0.05, 0.1) is 18.2 Å². The van der Waals surface area contributed by atoms with E-state index in [4.69, 9.17) is 4.74 Å². The molecule has 7 nitrogen and oxygen atoms in total. The van der Waals surface area contributed by atoms with Gasteiger partial charge in [-0.05, 0) is 49.6 Å². The van der Waals surface area contributed by atoms with Crippen LogP contribution in [-0.4, -0.2) is 33.0 Å². The number of rotatable bonds is 11. The van der Waals surface area contributed by atoms with Crippen molar-refractivity contribution >= 4 is 22.5 Å². The standard InChI is InChI=1S/C23H29F4N3O4S/c1-5-6-7-10-34-22-17(14(2)11-20(29-22)23(25,26)27)13-28-21(31)15(3)16-8-9-19(18(24)12-16)30(4)35(32)33/h8-9,11-12,15,35H,5-7,10,13H2,1-4H3,(H,28,31). The number of nitrogens with zero attached hydrogens (tertiary/aromatic N) is 2. The van der Waals surface area contributed by atoms with Gasteiger partial charge in [-0.1, -0.05) is 25.8 Å². The van der Waals surface area contributed by atoms with Crippen LogP contribution in [0.2, 0.25) is 0 Å². The van der Waals surface area contributed by atoms with Gasteiger partial charge in [-0.3, -0.25) is 9.10 Å². The second kappa shape index (κ2) is 12.2. The molecule has 1 aromatic carbocycles. The summed E-state index contributed by atoms with van der Waals surface area (Å²) in [4.78, 5) is 16.4. The van der Waals surface area contributed by atoms with Crippen molar-refractivity contribution in [3.63, 3.8) is 0 Å². The first-order chi connectivity index (χ1) is 16.4. The molecule has 0 aliphatic heterocycles. The van der Waals surface area contributed by atoms with Crippen molar-refractivity contribution in [2.45, 2.75) is 58.7 Å². The smallest absolute Gasteiger partial charge is 0.433 e. The van der Waals surface area contributed by atoms with E-state index in [0.29, 0.717) is 17.5 Å². The fraction of sp³-hybridized carbons (Fsp3) is 0.478. The van der Waals surface area contributed by atoms with Gasteiger partial charge in [0.25, 0.3) is 0 Å². The molecule has 1 aromatic heterocycles. The monoisotopic (exact) mass is 519 g/mol. The predicted molar refractivity (Wildman–Crippen MR) is 124 cm³/mol. The molecule has 0 spiro atoms. The Labute approximate surface area is 203 Å². The van der Waals surface area contributed by atoms with E-state index in [2.05, 4.69) is 10.3 Å². The van der Waals surface area contributed by atoms with Crippen LogP contribution in [0.5, 0.6) is 5.88 Å². The van der Waals surface area contributed by atoms with E-state index < -0.39 is 40.4 Å². The molecule has 2 rings (SSSR count). The average molecular weight is 520 g/mol. The van der Waals surface area contributed by atoms with Crippen molar-refractivity contribution < 1.29 is 35.5 Å². The summed E-state index contributed by atoms with van der Waals surface area (Å²) in [5.41, 5.74) is -0.358. The second-order valence-corrected chi connectivity index (χ2v) is 9.15. The highest BCUT2D eigenvalue weighted by Crippen LogP contribution is 2.32. The summed E-state index contributed by atoms with van der Waals surface area (Å²) >= 11 is 0. The molecule has 0 fully saturated rings. The van der Waals surface area contributed by atoms with Crippen LogP contribution < -0.4 is 14.4 Å². The zero-order chi connectivity index (χ0) is 26.3. The molecule has 1 N–H and O–H groups in total. The lowest BCUT2D eigenvalue weighted by atomic mass is 9.99. The third-order valence-corrected chi connectivity index (χ3v) is 6.19. The summed E-state index contributed by atoms with van der Waals surface area (Å²) in [5.74, 6) is -2.32. The van der Waals surface area contributed by atoms with Crippen LogP contribution in [0.1, 0.15) is 61.4 Å². The summed E-state index contributed by atoms with van der Waals surface area (Å²) in [7, 11) is -1.82. The molecule has 1 heterocycles. The van der Waals surface area contributed by atoms with Crippen LogP contribution in [0.3, 0.4) is 0 Å². The summed E-state index contributed by atoms with van der Waals surface area (Å²) in [6.07, 6.45) is -2.25. The highest BCUT2D eigenvalue weighted by atomic mass is 32.2. The molecule has 0 saturated carbocycles. The minimum atomic E-state index is -4.65. The Balaban J connectivity index is 2.20. The Hall–Kier alpha value is -2.89. The predicted octanol–water partition coefficient (Wildman–Crippen LogP) is 4.50. The van der Waals surface area contributed by atoms with Crippen molar-refractivity contribution in [3.05, 3.63) is 52.5 Å². The molecule has 12 heteroatoms. The van der Waals surface area contributed by atoms with Gasteiger partial charge in [0.2, 0.25) is 22.7 Å². The first-order valence-corrected chi connectivity index (χ1v) is 12.2. The number of amides is 1. The van der Waals surface area contributed by atoms with E-state index >= 15 is 0 Å². The number of pyridine rings is 1. The van der Waals surface area contributed by atoms with Crippen molar-refractivity contribution in [2.24, 2.45) is 0 Å². The van der Waals surface area contributed by atoms with Crippen LogP contribution in [0.25, 0.3) is 0 Å². The third kappa shape index (κ3) is 7.55. The summed E-state index contributed by atoms with van der Waals surface area (Å²) < 4.78 is 82.5. The van der Waals surface area contributed by atoms with Crippen LogP contribution in [0.4, 0.5) is 23.2 Å². The normalized spacial score (nSPS) is 12.5. The van der Waals surface area contributed by atoms with Crippen molar-refractivity contribution in [1.82, 2.24) is 10.3 Å². The van der Waals surface area contributed by atoms with E-state index in [1.807, 2.05) is 6.92 Å². The van der Waals surface area contributed by atoms with Gasteiger partial charge in [0, 0.05) is 19.2 Å². The van der Waals surface area contributed by atoms with E-state index in [9.17, 15) is 30.8 Å². The third-order valence-electron chi connectivity index (χ3n) is 5.48. The van der Waals surface area contributed by atoms with Crippen LogP contribution in [0, 0.1) is 12.7 Å². The molecule has 35 heavy (non-hydrogen) atoms. The number of aromatic nitrogens is 1. The number of ether oxygens (including phenoxy) is 1. The average Bonchev–Trinajstić information content (AvgIpc) is 2.79. The Bertz CT molecular complexity index is 1110. The molecular weight excluding hydrogens is 490 g/mol. The Morgan fingerprint density at radius 1 is 1.23 bits per heavy atom. The molecule has 2 aromatic rings. The molecule has 0 bridgehead atoms. The number of thiol groups is 1. The number of nitrogens with one attached hydrogen (secondary N) is 1. The number of benzene rings is 1. The molecule has 1 atom stereocenters. The lowest BCUT2D eigenvalue weighted by molar-refractivity contribution is -0.141. The van der Waals surface area contributed by atoms with Gasteiger partial charge in [-0.15, -0.1) is 0 Å². The maximum absolute atomic E-state index is 14.4. The summed E-state index contributed by atoms with van der Waals surface area (Å²) in [6.45, 7) is 5.04. The van der Waals surface area contributed by atoms with Crippen LogP contribution >= 0.6 is 0 Å². The van der Waals surface area contributed by atoms with Crippen LogP contribution in [-0.2, 0) is 28.4 Å². The highest BCUT2D eigenvalue weighted by Gasteiger charge is 2.34. The minimum absolute atomic E-state index is 0.136. The molecule has 194 valence electrons. The Kier molecular flexibility index (Phi) is 9.87. The molecule has 0 aliphatic carbocycles.